The van der Waals surface area contributed by atoms with Crippen molar-refractivity contribution in [3.05, 3.63) is 21.9 Å². The van der Waals surface area contributed by atoms with E-state index in [-0.39, 0.29) is 11.2 Å². The molecule has 3 nitrogen and oxygen atoms in total. The number of fused-ring (bicyclic) bond motifs is 1. The first-order valence-corrected chi connectivity index (χ1v) is 6.95. The second-order valence-electron chi connectivity index (χ2n) is 4.91. The summed E-state index contributed by atoms with van der Waals surface area (Å²) in [5.74, 6) is 0.903. The quantitative estimate of drug-likeness (QED) is 0.912. The number of nitrogens with two attached hydrogens (primary N) is 1. The largest absolute Gasteiger partial charge is 0.486 e. The number of hydrogen-bond acceptors (Lipinski definition) is 3. The molecule has 5 heteroatoms. The number of rotatable bonds is 2. The third-order valence-corrected chi connectivity index (χ3v) is 4.53. The van der Waals surface area contributed by atoms with Gasteiger partial charge in [0.1, 0.15) is 19.0 Å². The van der Waals surface area contributed by atoms with Gasteiger partial charge in [0.2, 0.25) is 0 Å². The van der Waals surface area contributed by atoms with Gasteiger partial charge in [-0.15, -0.1) is 0 Å². The van der Waals surface area contributed by atoms with Crippen molar-refractivity contribution < 1.29 is 13.9 Å². The number of benzene rings is 1. The first-order valence-electron chi connectivity index (χ1n) is 6.16. The summed E-state index contributed by atoms with van der Waals surface area (Å²) >= 11 is 3.25. The van der Waals surface area contributed by atoms with Crippen molar-refractivity contribution in [2.45, 2.75) is 24.7 Å². The van der Waals surface area contributed by atoms with Crippen LogP contribution in [0.2, 0.25) is 0 Å². The normalized spacial score (nSPS) is 20.4. The van der Waals surface area contributed by atoms with Crippen molar-refractivity contribution in [2.24, 2.45) is 5.73 Å². The van der Waals surface area contributed by atoms with Gasteiger partial charge in [-0.2, -0.15) is 0 Å². The molecule has 1 saturated carbocycles. The molecular formula is C13H15BrFNO2. The Bertz CT molecular complexity index is 483. The Balaban J connectivity index is 2.20. The summed E-state index contributed by atoms with van der Waals surface area (Å²) in [4.78, 5) is 0. The van der Waals surface area contributed by atoms with Crippen LogP contribution in [0.1, 0.15) is 24.8 Å². The van der Waals surface area contributed by atoms with Crippen molar-refractivity contribution >= 4 is 15.9 Å². The monoisotopic (exact) mass is 315 g/mol. The standard InChI is InChI=1S/C13H15BrFNO2/c14-8-6-9-12(18-5-4-17-9)10(11(8)15)13(7-16)2-1-3-13/h6H,1-5,7,16H2. The van der Waals surface area contributed by atoms with Gasteiger partial charge in [-0.25, -0.2) is 4.39 Å². The van der Waals surface area contributed by atoms with Gasteiger partial charge >= 0.3 is 0 Å². The van der Waals surface area contributed by atoms with Crippen LogP contribution in [-0.4, -0.2) is 19.8 Å². The van der Waals surface area contributed by atoms with Gasteiger partial charge < -0.3 is 15.2 Å². The molecule has 2 N–H and O–H groups in total. The summed E-state index contributed by atoms with van der Waals surface area (Å²) in [5, 5.41) is 0. The van der Waals surface area contributed by atoms with Crippen LogP contribution in [0.4, 0.5) is 4.39 Å². The molecule has 0 aromatic heterocycles. The molecule has 0 unspecified atom stereocenters. The lowest BCUT2D eigenvalue weighted by Gasteiger charge is -2.43. The minimum absolute atomic E-state index is 0.260. The molecule has 18 heavy (non-hydrogen) atoms. The Labute approximate surface area is 114 Å². The molecule has 1 aromatic carbocycles. The fourth-order valence-corrected chi connectivity index (χ4v) is 3.17. The van der Waals surface area contributed by atoms with E-state index in [1.807, 2.05) is 0 Å². The molecule has 3 rings (SSSR count). The minimum Gasteiger partial charge on any atom is -0.486 e. The average Bonchev–Trinajstić information content (AvgIpc) is 2.33. The molecule has 1 aliphatic heterocycles. The van der Waals surface area contributed by atoms with Crippen molar-refractivity contribution in [3.8, 4) is 11.5 Å². The van der Waals surface area contributed by atoms with Gasteiger partial charge in [0, 0.05) is 23.6 Å². The van der Waals surface area contributed by atoms with E-state index in [0.29, 0.717) is 41.3 Å². The second-order valence-corrected chi connectivity index (χ2v) is 5.76. The maximum Gasteiger partial charge on any atom is 0.168 e. The van der Waals surface area contributed by atoms with Crippen LogP contribution in [0, 0.1) is 5.82 Å². The third kappa shape index (κ3) is 1.64. The lowest BCUT2D eigenvalue weighted by atomic mass is 9.64. The van der Waals surface area contributed by atoms with E-state index in [2.05, 4.69) is 15.9 Å². The fraction of sp³-hybridized carbons (Fsp3) is 0.538. The summed E-state index contributed by atoms with van der Waals surface area (Å²) < 4.78 is 26.1. The number of hydrogen-bond donors (Lipinski definition) is 1. The van der Waals surface area contributed by atoms with Crippen LogP contribution in [0.25, 0.3) is 0 Å². The molecule has 2 aliphatic rings. The summed E-state index contributed by atoms with van der Waals surface area (Å²) in [6, 6.07) is 1.64. The van der Waals surface area contributed by atoms with Crippen LogP contribution in [0.3, 0.4) is 0 Å². The maximum atomic E-state index is 14.5. The van der Waals surface area contributed by atoms with Crippen LogP contribution in [0.15, 0.2) is 10.5 Å². The van der Waals surface area contributed by atoms with E-state index in [0.717, 1.165) is 19.3 Å². The van der Waals surface area contributed by atoms with Crippen LogP contribution in [0.5, 0.6) is 11.5 Å². The predicted octanol–water partition coefficient (Wildman–Crippen LogP) is 2.74. The highest BCUT2D eigenvalue weighted by Crippen LogP contribution is 2.52. The molecule has 1 fully saturated rings. The topological polar surface area (TPSA) is 44.5 Å². The van der Waals surface area contributed by atoms with Gasteiger partial charge in [-0.3, -0.25) is 0 Å². The molecule has 98 valence electrons. The number of halogens is 2. The highest BCUT2D eigenvalue weighted by atomic mass is 79.9. The summed E-state index contributed by atoms with van der Waals surface area (Å²) in [5.41, 5.74) is 6.19. The molecule has 1 aliphatic carbocycles. The Morgan fingerprint density at radius 1 is 1.33 bits per heavy atom. The van der Waals surface area contributed by atoms with E-state index in [1.165, 1.54) is 0 Å². The van der Waals surface area contributed by atoms with Gasteiger partial charge in [0.15, 0.2) is 11.5 Å². The van der Waals surface area contributed by atoms with Crippen LogP contribution in [-0.2, 0) is 5.41 Å². The Morgan fingerprint density at radius 3 is 2.67 bits per heavy atom. The summed E-state index contributed by atoms with van der Waals surface area (Å²) in [6.07, 6.45) is 2.90. The highest BCUT2D eigenvalue weighted by molar-refractivity contribution is 9.10. The molecule has 0 radical (unpaired) electrons. The molecular weight excluding hydrogens is 301 g/mol. The predicted molar refractivity (Wildman–Crippen MR) is 69.7 cm³/mol. The highest BCUT2D eigenvalue weighted by Gasteiger charge is 2.43. The first-order chi connectivity index (χ1) is 8.68. The van der Waals surface area contributed by atoms with E-state index >= 15 is 0 Å². The van der Waals surface area contributed by atoms with Crippen molar-refractivity contribution in [1.29, 1.82) is 0 Å². The third-order valence-electron chi connectivity index (χ3n) is 3.96. The van der Waals surface area contributed by atoms with Crippen molar-refractivity contribution in [1.82, 2.24) is 0 Å². The van der Waals surface area contributed by atoms with Gasteiger partial charge in [-0.05, 0) is 28.8 Å². The molecule has 0 amide bonds. The van der Waals surface area contributed by atoms with Gasteiger partial charge in [0.25, 0.3) is 0 Å². The number of ether oxygens (including phenoxy) is 2. The molecule has 1 heterocycles. The lowest BCUT2D eigenvalue weighted by Crippen LogP contribution is -2.43. The summed E-state index contributed by atoms with van der Waals surface area (Å²) in [7, 11) is 0. The first kappa shape index (κ1) is 12.2. The van der Waals surface area contributed by atoms with E-state index in [9.17, 15) is 4.39 Å². The average molecular weight is 316 g/mol. The molecule has 0 saturated heterocycles. The smallest absolute Gasteiger partial charge is 0.168 e. The SMILES string of the molecule is NCC1(c2c(F)c(Br)cc3c2OCCO3)CCC1. The van der Waals surface area contributed by atoms with Gasteiger partial charge in [-0.1, -0.05) is 6.42 Å². The zero-order chi connectivity index (χ0) is 12.8. The maximum absolute atomic E-state index is 14.5. The molecule has 0 atom stereocenters. The molecule has 0 spiro atoms. The van der Waals surface area contributed by atoms with Crippen molar-refractivity contribution in [3.63, 3.8) is 0 Å². The van der Waals surface area contributed by atoms with E-state index < -0.39 is 0 Å². The minimum atomic E-state index is -0.279. The van der Waals surface area contributed by atoms with E-state index in [1.54, 1.807) is 6.07 Å². The summed E-state index contributed by atoms with van der Waals surface area (Å²) in [6.45, 7) is 1.40. The Hall–Kier alpha value is -0.810. The second kappa shape index (κ2) is 4.38. The Morgan fingerprint density at radius 2 is 2.06 bits per heavy atom. The molecule has 1 aromatic rings. The van der Waals surface area contributed by atoms with Crippen molar-refractivity contribution in [2.75, 3.05) is 19.8 Å². The van der Waals surface area contributed by atoms with Crippen LogP contribution >= 0.6 is 15.9 Å². The lowest BCUT2D eigenvalue weighted by molar-refractivity contribution is 0.156. The van der Waals surface area contributed by atoms with Crippen LogP contribution < -0.4 is 15.2 Å². The Kier molecular flexibility index (Phi) is 2.98. The van der Waals surface area contributed by atoms with Gasteiger partial charge in [0.05, 0.1) is 4.47 Å². The molecule has 0 bridgehead atoms. The fourth-order valence-electron chi connectivity index (χ4n) is 2.77. The zero-order valence-electron chi connectivity index (χ0n) is 9.97. The van der Waals surface area contributed by atoms with E-state index in [4.69, 9.17) is 15.2 Å². The zero-order valence-corrected chi connectivity index (χ0v) is 11.6.